The number of aryl methyl sites for hydroxylation is 1. The molecule has 2 amide bonds. The van der Waals surface area contributed by atoms with Crippen molar-refractivity contribution in [3.05, 3.63) is 82.9 Å². The predicted molar refractivity (Wildman–Crippen MR) is 138 cm³/mol. The number of ether oxygens (including phenoxy) is 2. The largest absolute Gasteiger partial charge is 0.454 e. The van der Waals surface area contributed by atoms with Gasteiger partial charge < -0.3 is 14.8 Å². The molecule has 2 aliphatic heterocycles. The average Bonchev–Trinajstić information content (AvgIpc) is 3.43. The van der Waals surface area contributed by atoms with E-state index in [2.05, 4.69) is 16.9 Å². The summed E-state index contributed by atoms with van der Waals surface area (Å²) in [4.78, 5) is 42.5. The lowest BCUT2D eigenvalue weighted by Gasteiger charge is -2.16. The minimum atomic E-state index is -0.698. The molecule has 3 aliphatic rings. The van der Waals surface area contributed by atoms with Gasteiger partial charge >= 0.3 is 0 Å². The number of rotatable bonds is 7. The van der Waals surface area contributed by atoms with Gasteiger partial charge in [0, 0.05) is 14.8 Å². The van der Waals surface area contributed by atoms with Crippen molar-refractivity contribution in [3.63, 3.8) is 0 Å². The zero-order chi connectivity index (χ0) is 25.6. The molecule has 0 spiro atoms. The predicted octanol–water partition coefficient (Wildman–Crippen LogP) is 3.89. The van der Waals surface area contributed by atoms with Gasteiger partial charge in [-0.3, -0.25) is 19.2 Å². The van der Waals surface area contributed by atoms with E-state index >= 15 is 0 Å². The molecule has 0 unspecified atom stereocenters. The molecule has 192 valence electrons. The molecule has 6 rings (SSSR count). The van der Waals surface area contributed by atoms with Crippen LogP contribution in [0.15, 0.2) is 60.7 Å². The van der Waals surface area contributed by atoms with Crippen molar-refractivity contribution in [2.24, 2.45) is 0 Å². The average molecular weight is 503 g/mol. The molecule has 1 saturated heterocycles. The van der Waals surface area contributed by atoms with Gasteiger partial charge in [0.05, 0.1) is 5.41 Å². The van der Waals surface area contributed by atoms with Gasteiger partial charge in [-0.25, -0.2) is 5.48 Å². The molecule has 37 heavy (non-hydrogen) atoms. The highest BCUT2D eigenvalue weighted by molar-refractivity contribution is 5.98. The van der Waals surface area contributed by atoms with Crippen LogP contribution in [0.2, 0.25) is 0 Å². The second-order valence-corrected chi connectivity index (χ2v) is 9.78. The van der Waals surface area contributed by atoms with Crippen molar-refractivity contribution in [1.82, 2.24) is 10.8 Å². The summed E-state index contributed by atoms with van der Waals surface area (Å²) in [5, 5.41) is 2.67. The Morgan fingerprint density at radius 1 is 1.03 bits per heavy atom. The molecule has 2 fully saturated rings. The third-order valence-corrected chi connectivity index (χ3v) is 7.38. The fourth-order valence-corrected chi connectivity index (χ4v) is 4.99. The Morgan fingerprint density at radius 3 is 2.54 bits per heavy atom. The first kappa shape index (κ1) is 23.2. The summed E-state index contributed by atoms with van der Waals surface area (Å²) < 4.78 is 10.9. The van der Waals surface area contributed by atoms with E-state index in [0.29, 0.717) is 17.7 Å². The van der Waals surface area contributed by atoms with Crippen LogP contribution in [0.3, 0.4) is 0 Å². The standard InChI is InChI=1S/C29H26N2O6.2H2/c1-17-2-3-18(13-26(32)29(10-11-29)21-8-9-24-25(14-21)36-16-35-24)12-22(17)19-4-6-20(7-5-19)27(33)30-23-15-37-31-28(23)34;;/h2-9,12,14,23H,10-11,13,15-16H2,1H3,(H,30,33)(H,31,34);2*1H/t23-;;/m1../s1. The Balaban J connectivity index is 0.00000176. The molecule has 1 atom stereocenters. The molecule has 0 bridgehead atoms. The van der Waals surface area contributed by atoms with Gasteiger partial charge in [-0.15, -0.1) is 0 Å². The van der Waals surface area contributed by atoms with E-state index in [1.165, 1.54) is 0 Å². The van der Waals surface area contributed by atoms with Crippen LogP contribution in [-0.4, -0.2) is 37.0 Å². The SMILES string of the molecule is Cc1ccc(CC(=O)C2(c3ccc4c(c3)OCO4)CC2)cc1-c1ccc(C(=O)N[C@@H]2CONC2=O)cc1.[HH].[HH]. The summed E-state index contributed by atoms with van der Waals surface area (Å²) in [5.74, 6) is 0.918. The highest BCUT2D eigenvalue weighted by Gasteiger charge is 2.50. The van der Waals surface area contributed by atoms with Crippen molar-refractivity contribution in [2.75, 3.05) is 13.4 Å². The number of amides is 2. The second kappa shape index (κ2) is 9.05. The van der Waals surface area contributed by atoms with Crippen molar-refractivity contribution >= 4 is 17.6 Å². The molecule has 8 nitrogen and oxygen atoms in total. The summed E-state index contributed by atoms with van der Waals surface area (Å²) in [5.41, 5.74) is 7.19. The van der Waals surface area contributed by atoms with E-state index in [1.807, 2.05) is 49.4 Å². The summed E-state index contributed by atoms with van der Waals surface area (Å²) in [6.07, 6.45) is 2.01. The van der Waals surface area contributed by atoms with Crippen molar-refractivity contribution < 1.29 is 31.5 Å². The van der Waals surface area contributed by atoms with Crippen LogP contribution in [-0.2, 0) is 26.3 Å². The van der Waals surface area contributed by atoms with E-state index in [0.717, 1.165) is 46.4 Å². The molecule has 2 heterocycles. The van der Waals surface area contributed by atoms with Gasteiger partial charge in [0.25, 0.3) is 11.8 Å². The Bertz CT molecular complexity index is 1420. The highest BCUT2D eigenvalue weighted by atomic mass is 16.7. The molecule has 0 radical (unpaired) electrons. The molecule has 0 aromatic heterocycles. The van der Waals surface area contributed by atoms with Gasteiger partial charge in [0.1, 0.15) is 18.4 Å². The summed E-state index contributed by atoms with van der Waals surface area (Å²) in [6, 6.07) is 18.4. The topological polar surface area (TPSA) is 103 Å². The van der Waals surface area contributed by atoms with E-state index < -0.39 is 11.5 Å². The lowest BCUT2D eigenvalue weighted by Crippen LogP contribution is -2.41. The third kappa shape index (κ3) is 4.34. The Morgan fingerprint density at radius 2 is 1.81 bits per heavy atom. The first-order valence-electron chi connectivity index (χ1n) is 12.3. The quantitative estimate of drug-likeness (QED) is 0.508. The van der Waals surface area contributed by atoms with Crippen molar-refractivity contribution in [1.29, 1.82) is 0 Å². The Labute approximate surface area is 216 Å². The number of Topliss-reactive ketones (excluding diaryl/α,β-unsaturated/α-hetero) is 1. The zero-order valence-corrected chi connectivity index (χ0v) is 20.3. The van der Waals surface area contributed by atoms with Gasteiger partial charge in [-0.1, -0.05) is 36.4 Å². The number of nitrogens with one attached hydrogen (secondary N) is 2. The van der Waals surface area contributed by atoms with Crippen LogP contribution in [0.4, 0.5) is 0 Å². The summed E-state index contributed by atoms with van der Waals surface area (Å²) >= 11 is 0. The molecule has 3 aromatic rings. The fraction of sp³-hybridized carbons (Fsp3) is 0.276. The lowest BCUT2D eigenvalue weighted by molar-refractivity contribution is -0.125. The smallest absolute Gasteiger partial charge is 0.268 e. The van der Waals surface area contributed by atoms with E-state index in [4.69, 9.17) is 14.3 Å². The number of hydrogen-bond donors (Lipinski definition) is 2. The molecule has 1 aliphatic carbocycles. The molecule has 2 N–H and O–H groups in total. The first-order valence-corrected chi connectivity index (χ1v) is 12.3. The minimum Gasteiger partial charge on any atom is -0.454 e. The normalized spacial score (nSPS) is 18.8. The van der Waals surface area contributed by atoms with Gasteiger partial charge in [0.15, 0.2) is 11.5 Å². The van der Waals surface area contributed by atoms with Crippen LogP contribution in [0.5, 0.6) is 11.5 Å². The van der Waals surface area contributed by atoms with Crippen molar-refractivity contribution in [2.45, 2.75) is 37.6 Å². The molecular formula is C29H30N2O6. The van der Waals surface area contributed by atoms with Crippen LogP contribution >= 0.6 is 0 Å². The number of carbonyl (C=O) groups is 3. The summed E-state index contributed by atoms with van der Waals surface area (Å²) in [6.45, 7) is 2.34. The maximum absolute atomic E-state index is 13.5. The number of hydrogen-bond acceptors (Lipinski definition) is 6. The van der Waals surface area contributed by atoms with E-state index in [1.54, 1.807) is 12.1 Å². The number of hydroxylamine groups is 1. The van der Waals surface area contributed by atoms with Gasteiger partial charge in [0.2, 0.25) is 6.79 Å². The minimum absolute atomic E-state index is 0. The zero-order valence-electron chi connectivity index (χ0n) is 20.3. The monoisotopic (exact) mass is 502 g/mol. The highest BCUT2D eigenvalue weighted by Crippen LogP contribution is 2.51. The molecular weight excluding hydrogens is 472 g/mol. The number of carbonyl (C=O) groups excluding carboxylic acids is 3. The Kier molecular flexibility index (Phi) is 5.68. The maximum Gasteiger partial charge on any atom is 0.268 e. The fourth-order valence-electron chi connectivity index (χ4n) is 4.99. The Hall–Kier alpha value is -4.17. The second-order valence-electron chi connectivity index (χ2n) is 9.78. The van der Waals surface area contributed by atoms with E-state index in [9.17, 15) is 14.4 Å². The van der Waals surface area contributed by atoms with Crippen LogP contribution < -0.4 is 20.3 Å². The van der Waals surface area contributed by atoms with Crippen LogP contribution in [0.1, 0.15) is 42.7 Å². The number of fused-ring (bicyclic) bond motifs is 1. The first-order chi connectivity index (χ1) is 17.9. The van der Waals surface area contributed by atoms with Crippen molar-refractivity contribution in [3.8, 4) is 22.6 Å². The van der Waals surface area contributed by atoms with Crippen LogP contribution in [0.25, 0.3) is 11.1 Å². The third-order valence-electron chi connectivity index (χ3n) is 7.38. The summed E-state index contributed by atoms with van der Waals surface area (Å²) in [7, 11) is 0. The lowest BCUT2D eigenvalue weighted by atomic mass is 9.87. The molecule has 8 heteroatoms. The molecule has 3 aromatic carbocycles. The van der Waals surface area contributed by atoms with E-state index in [-0.39, 0.29) is 33.9 Å². The maximum atomic E-state index is 13.5. The van der Waals surface area contributed by atoms with Crippen LogP contribution in [0, 0.1) is 6.92 Å². The van der Waals surface area contributed by atoms with Gasteiger partial charge in [-0.2, -0.15) is 0 Å². The van der Waals surface area contributed by atoms with Gasteiger partial charge in [-0.05, 0) is 71.8 Å². The number of benzene rings is 3. The number of ketones is 1. The molecule has 1 saturated carbocycles.